The van der Waals surface area contributed by atoms with Crippen LogP contribution in [-0.2, 0) is 4.74 Å². The van der Waals surface area contributed by atoms with Gasteiger partial charge in [-0.3, -0.25) is 0 Å². The fourth-order valence-corrected chi connectivity index (χ4v) is 4.57. The second-order valence-corrected chi connectivity index (χ2v) is 8.71. The molecule has 1 saturated carbocycles. The fourth-order valence-electron chi connectivity index (χ4n) is 4.57. The Bertz CT molecular complexity index is 621. The Morgan fingerprint density at radius 2 is 1.55 bits per heavy atom. The van der Waals surface area contributed by atoms with Crippen LogP contribution in [0.1, 0.15) is 71.6 Å². The van der Waals surface area contributed by atoms with Crippen LogP contribution in [0.2, 0.25) is 0 Å². The van der Waals surface area contributed by atoms with Crippen molar-refractivity contribution in [3.8, 4) is 11.5 Å². The number of benzene rings is 1. The van der Waals surface area contributed by atoms with Crippen molar-refractivity contribution in [2.24, 2.45) is 17.8 Å². The van der Waals surface area contributed by atoms with Gasteiger partial charge in [0.05, 0.1) is 25.9 Å². The van der Waals surface area contributed by atoms with Gasteiger partial charge < -0.3 is 14.2 Å². The molecule has 0 bridgehead atoms. The van der Waals surface area contributed by atoms with Crippen LogP contribution in [0.15, 0.2) is 12.1 Å². The first kappa shape index (κ1) is 22.3. The molecule has 0 aromatic heterocycles. The average Bonchev–Trinajstić information content (AvgIpc) is 2.77. The Morgan fingerprint density at radius 3 is 2.14 bits per heavy atom. The zero-order chi connectivity index (χ0) is 20.6. The summed E-state index contributed by atoms with van der Waals surface area (Å²) in [6.07, 6.45) is 10.7. The lowest BCUT2D eigenvalue weighted by Crippen LogP contribution is -2.35. The average molecular weight is 411 g/mol. The van der Waals surface area contributed by atoms with E-state index >= 15 is 0 Å². The molecule has 0 N–H and O–H groups in total. The van der Waals surface area contributed by atoms with Gasteiger partial charge in [-0.1, -0.05) is 39.5 Å². The molecule has 3 rings (SSSR count). The van der Waals surface area contributed by atoms with Crippen LogP contribution in [0.25, 0.3) is 0 Å². The van der Waals surface area contributed by atoms with Gasteiger partial charge in [-0.2, -0.15) is 8.78 Å². The number of hydrogen-bond acceptors (Lipinski definition) is 3. The van der Waals surface area contributed by atoms with Crippen LogP contribution < -0.4 is 9.47 Å². The summed E-state index contributed by atoms with van der Waals surface area (Å²) in [6.45, 7) is 5.68. The molecule has 2 fully saturated rings. The maximum atomic E-state index is 14.3. The molecule has 3 nitrogen and oxygen atoms in total. The van der Waals surface area contributed by atoms with E-state index in [4.69, 9.17) is 14.2 Å². The van der Waals surface area contributed by atoms with Gasteiger partial charge in [0.15, 0.2) is 11.5 Å². The first-order valence-electron chi connectivity index (χ1n) is 11.5. The molecular formula is C24H36F2O3. The van der Waals surface area contributed by atoms with Crippen molar-refractivity contribution in [1.82, 2.24) is 0 Å². The molecule has 1 saturated heterocycles. The van der Waals surface area contributed by atoms with Crippen molar-refractivity contribution in [2.45, 2.75) is 77.7 Å². The van der Waals surface area contributed by atoms with Crippen molar-refractivity contribution >= 4 is 0 Å². The molecule has 5 heteroatoms. The van der Waals surface area contributed by atoms with Gasteiger partial charge >= 0.3 is 0 Å². The van der Waals surface area contributed by atoms with E-state index in [-0.39, 0.29) is 17.4 Å². The van der Waals surface area contributed by atoms with E-state index in [0.717, 1.165) is 31.6 Å². The summed E-state index contributed by atoms with van der Waals surface area (Å²) in [5.74, 6) is -0.236. The molecule has 1 aromatic rings. The quantitative estimate of drug-likeness (QED) is 0.433. The van der Waals surface area contributed by atoms with Crippen molar-refractivity contribution in [2.75, 3.05) is 19.8 Å². The van der Waals surface area contributed by atoms with Gasteiger partial charge in [-0.05, 0) is 56.1 Å². The van der Waals surface area contributed by atoms with E-state index in [2.05, 4.69) is 6.92 Å². The van der Waals surface area contributed by atoms with Gasteiger partial charge in [0.25, 0.3) is 0 Å². The number of rotatable bonds is 9. The van der Waals surface area contributed by atoms with Crippen molar-refractivity contribution < 1.29 is 23.0 Å². The van der Waals surface area contributed by atoms with Gasteiger partial charge in [0, 0.05) is 5.92 Å². The maximum absolute atomic E-state index is 14.3. The van der Waals surface area contributed by atoms with E-state index in [1.54, 1.807) is 0 Å². The van der Waals surface area contributed by atoms with Crippen LogP contribution >= 0.6 is 0 Å². The zero-order valence-corrected chi connectivity index (χ0v) is 17.9. The molecule has 2 aliphatic rings. The highest BCUT2D eigenvalue weighted by atomic mass is 19.2. The lowest BCUT2D eigenvalue weighted by Gasteiger charge is -2.37. The zero-order valence-electron chi connectivity index (χ0n) is 17.9. The molecule has 164 valence electrons. The van der Waals surface area contributed by atoms with Crippen molar-refractivity contribution in [1.29, 1.82) is 0 Å². The molecule has 2 unspecified atom stereocenters. The third kappa shape index (κ3) is 6.07. The highest BCUT2D eigenvalue weighted by molar-refractivity contribution is 5.35. The molecule has 0 amide bonds. The van der Waals surface area contributed by atoms with Gasteiger partial charge in [-0.25, -0.2) is 0 Å². The smallest absolute Gasteiger partial charge is 0.204 e. The second-order valence-electron chi connectivity index (χ2n) is 8.71. The Morgan fingerprint density at radius 1 is 0.897 bits per heavy atom. The Labute approximate surface area is 174 Å². The topological polar surface area (TPSA) is 27.7 Å². The molecule has 0 spiro atoms. The summed E-state index contributed by atoms with van der Waals surface area (Å²) in [5, 5.41) is 0. The van der Waals surface area contributed by atoms with E-state index in [1.807, 2.05) is 6.92 Å². The predicted molar refractivity (Wildman–Crippen MR) is 110 cm³/mol. The van der Waals surface area contributed by atoms with Crippen LogP contribution in [0.4, 0.5) is 8.78 Å². The minimum absolute atomic E-state index is 0.0506. The molecule has 1 aliphatic carbocycles. The van der Waals surface area contributed by atoms with Gasteiger partial charge in [0.2, 0.25) is 11.6 Å². The van der Waals surface area contributed by atoms with Gasteiger partial charge in [-0.15, -0.1) is 0 Å². The predicted octanol–water partition coefficient (Wildman–Crippen LogP) is 6.53. The van der Waals surface area contributed by atoms with E-state index in [1.165, 1.54) is 44.2 Å². The number of ether oxygens (including phenoxy) is 3. The van der Waals surface area contributed by atoms with Crippen molar-refractivity contribution in [3.63, 3.8) is 0 Å². The molecule has 1 aliphatic heterocycles. The fraction of sp³-hybridized carbons (Fsp3) is 0.750. The van der Waals surface area contributed by atoms with Crippen LogP contribution in [-0.4, -0.2) is 25.9 Å². The third-order valence-electron chi connectivity index (χ3n) is 6.64. The van der Waals surface area contributed by atoms with E-state index in [0.29, 0.717) is 31.8 Å². The maximum Gasteiger partial charge on any atom is 0.204 e. The first-order valence-corrected chi connectivity index (χ1v) is 11.5. The normalized spacial score (nSPS) is 27.6. The summed E-state index contributed by atoms with van der Waals surface area (Å²) in [5.41, 5.74) is 0. The molecule has 1 aromatic carbocycles. The number of hydrogen-bond donors (Lipinski definition) is 0. The summed E-state index contributed by atoms with van der Waals surface area (Å²) in [4.78, 5) is 0. The standard InChI is InChI=1S/C24H36F2O3/c1-3-5-14-27-21-12-13-22(24(26)23(21)25)29-16-18-8-11-20(28-15-18)19-9-6-17(4-2)7-10-19/h12-13,17-20H,3-11,14-16H2,1-2H3. The minimum Gasteiger partial charge on any atom is -0.490 e. The molecule has 1 heterocycles. The highest BCUT2D eigenvalue weighted by Gasteiger charge is 2.31. The van der Waals surface area contributed by atoms with Crippen LogP contribution in [0, 0.1) is 29.4 Å². The number of halogens is 2. The summed E-state index contributed by atoms with van der Waals surface area (Å²) >= 11 is 0. The van der Waals surface area contributed by atoms with Crippen LogP contribution in [0.3, 0.4) is 0 Å². The second kappa shape index (κ2) is 11.1. The summed E-state index contributed by atoms with van der Waals surface area (Å²) < 4.78 is 45.5. The Hall–Kier alpha value is -1.36. The SMILES string of the molecule is CCCCOc1ccc(OCC2CCC(C3CCC(CC)CC3)OC2)c(F)c1F. The minimum atomic E-state index is -0.971. The highest BCUT2D eigenvalue weighted by Crippen LogP contribution is 2.37. The summed E-state index contributed by atoms with van der Waals surface area (Å²) in [6, 6.07) is 2.90. The van der Waals surface area contributed by atoms with Crippen molar-refractivity contribution in [3.05, 3.63) is 23.8 Å². The largest absolute Gasteiger partial charge is 0.490 e. The third-order valence-corrected chi connectivity index (χ3v) is 6.64. The Balaban J connectivity index is 1.43. The van der Waals surface area contributed by atoms with E-state index in [9.17, 15) is 8.78 Å². The monoisotopic (exact) mass is 410 g/mol. The first-order chi connectivity index (χ1) is 14.1. The molecular weight excluding hydrogens is 374 g/mol. The molecule has 29 heavy (non-hydrogen) atoms. The van der Waals surface area contributed by atoms with Gasteiger partial charge in [0.1, 0.15) is 0 Å². The molecule has 0 radical (unpaired) electrons. The Kier molecular flexibility index (Phi) is 8.58. The summed E-state index contributed by atoms with van der Waals surface area (Å²) in [7, 11) is 0. The number of unbranched alkanes of at least 4 members (excludes halogenated alkanes) is 1. The van der Waals surface area contributed by atoms with E-state index < -0.39 is 11.6 Å². The van der Waals surface area contributed by atoms with Crippen LogP contribution in [0.5, 0.6) is 11.5 Å². The molecule has 2 atom stereocenters. The lowest BCUT2D eigenvalue weighted by atomic mass is 9.76. The lowest BCUT2D eigenvalue weighted by molar-refractivity contribution is -0.0654.